The summed E-state index contributed by atoms with van der Waals surface area (Å²) in [5, 5.41) is 17.2. The van der Waals surface area contributed by atoms with E-state index < -0.39 is 0 Å². The van der Waals surface area contributed by atoms with E-state index in [-0.39, 0.29) is 4.75 Å². The van der Waals surface area contributed by atoms with Gasteiger partial charge in [-0.25, -0.2) is 0 Å². The molecule has 1 aromatic heterocycles. The highest BCUT2D eigenvalue weighted by atomic mass is 32.2. The Kier molecular flexibility index (Phi) is 2.89. The van der Waals surface area contributed by atoms with E-state index in [2.05, 4.69) is 37.0 Å². The highest BCUT2D eigenvalue weighted by Crippen LogP contribution is 2.31. The van der Waals surface area contributed by atoms with Crippen molar-refractivity contribution in [3.05, 3.63) is 17.8 Å². The van der Waals surface area contributed by atoms with Crippen LogP contribution in [0.2, 0.25) is 0 Å². The van der Waals surface area contributed by atoms with E-state index in [0.29, 0.717) is 10.6 Å². The molecule has 0 unspecified atom stereocenters. The van der Waals surface area contributed by atoms with Gasteiger partial charge in [0.05, 0.1) is 11.8 Å². The Bertz CT molecular complexity index is 335. The summed E-state index contributed by atoms with van der Waals surface area (Å²) >= 11 is 1.56. The number of nitriles is 1. The fourth-order valence-electron chi connectivity index (χ4n) is 0.769. The Morgan fingerprint density at radius 3 is 2.69 bits per heavy atom. The molecule has 0 aliphatic heterocycles. The van der Waals surface area contributed by atoms with Gasteiger partial charge in [0.25, 0.3) is 0 Å². The fraction of sp³-hybridized carbons (Fsp3) is 0.444. The zero-order valence-corrected chi connectivity index (χ0v) is 8.72. The quantitative estimate of drug-likeness (QED) is 0.642. The molecule has 0 saturated heterocycles. The molecule has 4 heteroatoms. The maximum atomic E-state index is 8.78. The third kappa shape index (κ3) is 3.03. The average Bonchev–Trinajstić information content (AvgIpc) is 2.02. The van der Waals surface area contributed by atoms with Crippen molar-refractivity contribution >= 4 is 11.8 Å². The van der Waals surface area contributed by atoms with Crippen LogP contribution < -0.4 is 0 Å². The molecule has 0 fully saturated rings. The van der Waals surface area contributed by atoms with Crippen molar-refractivity contribution in [3.8, 4) is 6.07 Å². The van der Waals surface area contributed by atoms with Crippen molar-refractivity contribution in [2.75, 3.05) is 0 Å². The SMILES string of the molecule is CC(C)(C)Sc1nnccc1C#N. The molecule has 1 aromatic rings. The van der Waals surface area contributed by atoms with E-state index in [4.69, 9.17) is 5.26 Å². The number of hydrogen-bond donors (Lipinski definition) is 0. The molecule has 1 heterocycles. The predicted octanol–water partition coefficient (Wildman–Crippen LogP) is 2.24. The summed E-state index contributed by atoms with van der Waals surface area (Å²) in [4.78, 5) is 0. The lowest BCUT2D eigenvalue weighted by Crippen LogP contribution is -2.08. The monoisotopic (exact) mass is 193 g/mol. The lowest BCUT2D eigenvalue weighted by molar-refractivity contribution is 0.792. The maximum absolute atomic E-state index is 8.78. The Morgan fingerprint density at radius 2 is 2.15 bits per heavy atom. The van der Waals surface area contributed by atoms with Gasteiger partial charge in [0.1, 0.15) is 11.1 Å². The number of thioether (sulfide) groups is 1. The van der Waals surface area contributed by atoms with Crippen LogP contribution in [0.3, 0.4) is 0 Å². The van der Waals surface area contributed by atoms with Crippen LogP contribution in [0.1, 0.15) is 26.3 Å². The molecule has 1 rings (SSSR count). The maximum Gasteiger partial charge on any atom is 0.137 e. The van der Waals surface area contributed by atoms with Crippen LogP contribution >= 0.6 is 11.8 Å². The van der Waals surface area contributed by atoms with Crippen LogP contribution in [0, 0.1) is 11.3 Å². The Hall–Kier alpha value is -1.08. The molecule has 0 bridgehead atoms. The lowest BCUT2D eigenvalue weighted by Gasteiger charge is -2.16. The Morgan fingerprint density at radius 1 is 1.46 bits per heavy atom. The van der Waals surface area contributed by atoms with Gasteiger partial charge in [-0.1, -0.05) is 32.5 Å². The normalized spacial score (nSPS) is 10.9. The van der Waals surface area contributed by atoms with E-state index in [1.165, 1.54) is 6.20 Å². The lowest BCUT2D eigenvalue weighted by atomic mass is 10.3. The Balaban J connectivity index is 2.96. The molecule has 3 nitrogen and oxygen atoms in total. The van der Waals surface area contributed by atoms with Crippen LogP contribution in [-0.4, -0.2) is 14.9 Å². The van der Waals surface area contributed by atoms with Crippen LogP contribution in [-0.2, 0) is 0 Å². The fourth-order valence-corrected chi connectivity index (χ4v) is 1.66. The van der Waals surface area contributed by atoms with Crippen LogP contribution in [0.25, 0.3) is 0 Å². The van der Waals surface area contributed by atoms with E-state index in [0.717, 1.165) is 0 Å². The second-order valence-corrected chi connectivity index (χ2v) is 5.39. The van der Waals surface area contributed by atoms with Crippen molar-refractivity contribution in [2.45, 2.75) is 30.5 Å². The van der Waals surface area contributed by atoms with E-state index in [1.54, 1.807) is 17.8 Å². The summed E-state index contributed by atoms with van der Waals surface area (Å²) in [5.74, 6) is 0. The summed E-state index contributed by atoms with van der Waals surface area (Å²) in [5.41, 5.74) is 0.593. The largest absolute Gasteiger partial charge is 0.192 e. The summed E-state index contributed by atoms with van der Waals surface area (Å²) in [7, 11) is 0. The second kappa shape index (κ2) is 3.75. The van der Waals surface area contributed by atoms with Gasteiger partial charge in [0.2, 0.25) is 0 Å². The molecule has 0 aromatic carbocycles. The van der Waals surface area contributed by atoms with Gasteiger partial charge in [-0.15, -0.1) is 5.10 Å². The average molecular weight is 193 g/mol. The van der Waals surface area contributed by atoms with Gasteiger partial charge in [0, 0.05) is 4.75 Å². The molecule has 0 amide bonds. The van der Waals surface area contributed by atoms with Gasteiger partial charge >= 0.3 is 0 Å². The van der Waals surface area contributed by atoms with Gasteiger partial charge in [-0.3, -0.25) is 0 Å². The molecule has 0 aliphatic carbocycles. The first-order valence-corrected chi connectivity index (χ1v) is 4.75. The highest BCUT2D eigenvalue weighted by Gasteiger charge is 2.15. The molecule has 13 heavy (non-hydrogen) atoms. The van der Waals surface area contributed by atoms with Gasteiger partial charge < -0.3 is 0 Å². The number of rotatable bonds is 1. The molecular weight excluding hydrogens is 182 g/mol. The molecule has 0 atom stereocenters. The zero-order valence-electron chi connectivity index (χ0n) is 7.90. The summed E-state index contributed by atoms with van der Waals surface area (Å²) in [6.45, 7) is 6.23. The summed E-state index contributed by atoms with van der Waals surface area (Å²) in [6.07, 6.45) is 1.53. The van der Waals surface area contributed by atoms with Crippen molar-refractivity contribution in [2.24, 2.45) is 0 Å². The highest BCUT2D eigenvalue weighted by molar-refractivity contribution is 8.00. The second-order valence-electron chi connectivity index (χ2n) is 3.58. The van der Waals surface area contributed by atoms with Gasteiger partial charge in [0.15, 0.2) is 0 Å². The van der Waals surface area contributed by atoms with Crippen molar-refractivity contribution in [3.63, 3.8) is 0 Å². The van der Waals surface area contributed by atoms with E-state index in [9.17, 15) is 0 Å². The van der Waals surface area contributed by atoms with Crippen LogP contribution in [0.5, 0.6) is 0 Å². The van der Waals surface area contributed by atoms with E-state index >= 15 is 0 Å². The minimum Gasteiger partial charge on any atom is -0.192 e. The Labute approximate surface area is 82.2 Å². The predicted molar refractivity (Wildman–Crippen MR) is 52.4 cm³/mol. The molecular formula is C9H11N3S. The number of nitrogens with zero attached hydrogens (tertiary/aromatic N) is 3. The molecule has 68 valence electrons. The third-order valence-electron chi connectivity index (χ3n) is 1.21. The standard InChI is InChI=1S/C9H11N3S/c1-9(2,3)13-8-7(6-10)4-5-11-12-8/h4-5H,1-3H3. The minimum absolute atomic E-state index is 0.0572. The van der Waals surface area contributed by atoms with E-state index in [1.807, 2.05) is 0 Å². The first-order chi connectivity index (χ1) is 6.03. The third-order valence-corrected chi connectivity index (χ3v) is 2.32. The van der Waals surface area contributed by atoms with Crippen molar-refractivity contribution in [1.82, 2.24) is 10.2 Å². The molecule has 0 N–H and O–H groups in total. The summed E-state index contributed by atoms with van der Waals surface area (Å²) in [6, 6.07) is 3.78. The number of hydrogen-bond acceptors (Lipinski definition) is 4. The minimum atomic E-state index is 0.0572. The zero-order chi connectivity index (χ0) is 9.90. The first-order valence-electron chi connectivity index (χ1n) is 3.94. The molecule has 0 radical (unpaired) electrons. The summed E-state index contributed by atoms with van der Waals surface area (Å²) < 4.78 is 0.0572. The van der Waals surface area contributed by atoms with Crippen LogP contribution in [0.4, 0.5) is 0 Å². The number of aromatic nitrogens is 2. The van der Waals surface area contributed by atoms with Crippen LogP contribution in [0.15, 0.2) is 17.3 Å². The molecule has 0 aliphatic rings. The smallest absolute Gasteiger partial charge is 0.137 e. The van der Waals surface area contributed by atoms with Gasteiger partial charge in [-0.2, -0.15) is 10.4 Å². The first kappa shape index (κ1) is 10.0. The van der Waals surface area contributed by atoms with Crippen molar-refractivity contribution in [1.29, 1.82) is 5.26 Å². The molecule has 0 saturated carbocycles. The van der Waals surface area contributed by atoms with Crippen molar-refractivity contribution < 1.29 is 0 Å². The van der Waals surface area contributed by atoms with Gasteiger partial charge in [-0.05, 0) is 6.07 Å². The molecule has 0 spiro atoms. The topological polar surface area (TPSA) is 49.6 Å².